The van der Waals surface area contributed by atoms with Crippen molar-refractivity contribution in [1.82, 2.24) is 0 Å². The predicted octanol–water partition coefficient (Wildman–Crippen LogP) is -1.91. The Balaban J connectivity index is 2.04. The van der Waals surface area contributed by atoms with Crippen molar-refractivity contribution in [2.75, 3.05) is 6.61 Å². The quantitative estimate of drug-likeness (QED) is 0.379. The SMILES string of the molecule is C[C@@H]1C[C@@H](O)[C@@]2(O)C13CC(OC(=O)[C@@H]3O)[C@@]1(O)C(=O)OC[C@@]21C. The van der Waals surface area contributed by atoms with E-state index in [4.69, 9.17) is 9.47 Å². The average Bonchev–Trinajstić information content (AvgIpc) is 2.85. The van der Waals surface area contributed by atoms with Crippen LogP contribution >= 0.6 is 0 Å². The zero-order chi connectivity index (χ0) is 17.0. The van der Waals surface area contributed by atoms with Crippen LogP contribution in [0.2, 0.25) is 0 Å². The van der Waals surface area contributed by atoms with Gasteiger partial charge in [0.15, 0.2) is 6.10 Å². The zero-order valence-corrected chi connectivity index (χ0v) is 12.9. The third-order valence-corrected chi connectivity index (χ3v) is 7.09. The monoisotopic (exact) mass is 328 g/mol. The predicted molar refractivity (Wildman–Crippen MR) is 71.7 cm³/mol. The molecular formula is C15H20O8. The number of hydrogen-bond donors (Lipinski definition) is 4. The molecule has 4 fully saturated rings. The number of ether oxygens (including phenoxy) is 2. The first-order valence-electron chi connectivity index (χ1n) is 7.76. The van der Waals surface area contributed by atoms with Crippen molar-refractivity contribution in [3.05, 3.63) is 0 Å². The first-order chi connectivity index (χ1) is 10.6. The fraction of sp³-hybridized carbons (Fsp3) is 0.867. The minimum atomic E-state index is -2.26. The molecule has 4 N–H and O–H groups in total. The van der Waals surface area contributed by atoms with Crippen molar-refractivity contribution < 1.29 is 39.5 Å². The molecule has 0 aromatic heterocycles. The van der Waals surface area contributed by atoms with Crippen LogP contribution in [0.15, 0.2) is 0 Å². The summed E-state index contributed by atoms with van der Waals surface area (Å²) in [6.07, 6.45) is -4.17. The topological polar surface area (TPSA) is 134 Å². The van der Waals surface area contributed by atoms with Gasteiger partial charge in [-0.3, -0.25) is 0 Å². The van der Waals surface area contributed by atoms with Crippen molar-refractivity contribution in [3.8, 4) is 0 Å². The van der Waals surface area contributed by atoms with Crippen LogP contribution in [0.4, 0.5) is 0 Å². The highest BCUT2D eigenvalue weighted by atomic mass is 16.6. The summed E-state index contributed by atoms with van der Waals surface area (Å²) in [5, 5.41) is 43.7. The fourth-order valence-electron chi connectivity index (χ4n) is 5.77. The van der Waals surface area contributed by atoms with E-state index < -0.39 is 58.2 Å². The van der Waals surface area contributed by atoms with Gasteiger partial charge < -0.3 is 29.9 Å². The van der Waals surface area contributed by atoms with Gasteiger partial charge in [-0.15, -0.1) is 0 Å². The Labute approximate surface area is 132 Å². The van der Waals surface area contributed by atoms with Gasteiger partial charge in [-0.25, -0.2) is 9.59 Å². The van der Waals surface area contributed by atoms with Crippen molar-refractivity contribution in [2.24, 2.45) is 16.7 Å². The molecule has 0 aromatic rings. The molecule has 4 aliphatic rings. The lowest BCUT2D eigenvalue weighted by Crippen LogP contribution is -2.82. The molecule has 8 heteroatoms. The smallest absolute Gasteiger partial charge is 0.342 e. The number of carbonyl (C=O) groups excluding carboxylic acids is 2. The summed E-state index contributed by atoms with van der Waals surface area (Å²) in [5.41, 5.74) is -7.32. The maximum Gasteiger partial charge on any atom is 0.342 e. The van der Waals surface area contributed by atoms with Crippen molar-refractivity contribution in [1.29, 1.82) is 0 Å². The van der Waals surface area contributed by atoms with E-state index in [1.807, 2.05) is 0 Å². The van der Waals surface area contributed by atoms with Crippen LogP contribution in [-0.2, 0) is 19.1 Å². The number of cyclic esters (lactones) is 1. The summed E-state index contributed by atoms with van der Waals surface area (Å²) in [7, 11) is 0. The number of aliphatic hydroxyl groups is 4. The van der Waals surface area contributed by atoms with Gasteiger partial charge in [0.05, 0.1) is 11.5 Å². The van der Waals surface area contributed by atoms with Crippen LogP contribution in [0, 0.1) is 16.7 Å². The average molecular weight is 328 g/mol. The molecular weight excluding hydrogens is 308 g/mol. The second kappa shape index (κ2) is 3.88. The molecule has 2 heterocycles. The van der Waals surface area contributed by atoms with Gasteiger partial charge in [-0.05, 0) is 25.7 Å². The number of hydrogen-bond acceptors (Lipinski definition) is 8. The van der Waals surface area contributed by atoms with E-state index in [-0.39, 0.29) is 19.4 Å². The highest BCUT2D eigenvalue weighted by Gasteiger charge is 2.87. The van der Waals surface area contributed by atoms with Crippen LogP contribution in [0.5, 0.6) is 0 Å². The summed E-state index contributed by atoms with van der Waals surface area (Å²) in [5.74, 6) is -2.40. The number of fused-ring (bicyclic) bond motifs is 4. The van der Waals surface area contributed by atoms with Crippen LogP contribution < -0.4 is 0 Å². The van der Waals surface area contributed by atoms with Gasteiger partial charge in [0.25, 0.3) is 0 Å². The Bertz CT molecular complexity index is 621. The highest BCUT2D eigenvalue weighted by Crippen LogP contribution is 2.71. The molecule has 128 valence electrons. The standard InChI is InChI=1S/C15H20O8/c1-6-3-7(16)15(21)12(2)5-22-11(19)14(12,20)8-4-13(6,15)9(17)10(18)23-8/h6-9,16-17,20-21H,3-5H2,1-2H3/t6-,7-,8?,9+,12-,13?,14-,15+/m1/s1. The van der Waals surface area contributed by atoms with Gasteiger partial charge >= 0.3 is 11.9 Å². The molecule has 4 rings (SSSR count). The normalized spacial score (nSPS) is 60.8. The molecule has 0 amide bonds. The van der Waals surface area contributed by atoms with E-state index in [9.17, 15) is 30.0 Å². The van der Waals surface area contributed by atoms with Crippen molar-refractivity contribution in [3.63, 3.8) is 0 Å². The molecule has 8 nitrogen and oxygen atoms in total. The fourth-order valence-corrected chi connectivity index (χ4v) is 5.77. The molecule has 2 aliphatic heterocycles. The van der Waals surface area contributed by atoms with Crippen LogP contribution in [0.25, 0.3) is 0 Å². The minimum absolute atomic E-state index is 0.115. The van der Waals surface area contributed by atoms with E-state index in [2.05, 4.69) is 0 Å². The highest BCUT2D eigenvalue weighted by molar-refractivity contribution is 5.87. The van der Waals surface area contributed by atoms with Gasteiger partial charge in [-0.2, -0.15) is 0 Å². The second-order valence-corrected chi connectivity index (χ2v) is 7.67. The molecule has 2 saturated heterocycles. The number of esters is 2. The molecule has 2 bridgehead atoms. The molecule has 2 saturated carbocycles. The number of aliphatic hydroxyl groups excluding tert-OH is 2. The largest absolute Gasteiger partial charge is 0.463 e. The van der Waals surface area contributed by atoms with Crippen LogP contribution in [0.1, 0.15) is 26.7 Å². The number of rotatable bonds is 0. The Morgan fingerprint density at radius 3 is 2.52 bits per heavy atom. The Morgan fingerprint density at radius 2 is 1.87 bits per heavy atom. The van der Waals surface area contributed by atoms with E-state index in [1.165, 1.54) is 6.92 Å². The Kier molecular flexibility index (Phi) is 2.58. The minimum Gasteiger partial charge on any atom is -0.463 e. The van der Waals surface area contributed by atoms with Gasteiger partial charge in [0.2, 0.25) is 5.60 Å². The molecule has 23 heavy (non-hydrogen) atoms. The lowest BCUT2D eigenvalue weighted by molar-refractivity contribution is -0.333. The zero-order valence-electron chi connectivity index (χ0n) is 12.9. The maximum absolute atomic E-state index is 12.2. The summed E-state index contributed by atoms with van der Waals surface area (Å²) in [6.45, 7) is 2.84. The third-order valence-electron chi connectivity index (χ3n) is 7.09. The summed E-state index contributed by atoms with van der Waals surface area (Å²) < 4.78 is 10.1. The summed E-state index contributed by atoms with van der Waals surface area (Å²) in [6, 6.07) is 0. The maximum atomic E-state index is 12.2. The lowest BCUT2D eigenvalue weighted by atomic mass is 9.44. The van der Waals surface area contributed by atoms with E-state index in [0.29, 0.717) is 0 Å². The third kappa shape index (κ3) is 1.18. The van der Waals surface area contributed by atoms with E-state index in [1.54, 1.807) is 6.92 Å². The first kappa shape index (κ1) is 15.3. The number of carbonyl (C=O) groups is 2. The summed E-state index contributed by atoms with van der Waals surface area (Å²) >= 11 is 0. The van der Waals surface area contributed by atoms with Gasteiger partial charge in [0, 0.05) is 5.41 Å². The molecule has 2 unspecified atom stereocenters. The van der Waals surface area contributed by atoms with Crippen LogP contribution in [0.3, 0.4) is 0 Å². The summed E-state index contributed by atoms with van der Waals surface area (Å²) in [4.78, 5) is 24.4. The lowest BCUT2D eigenvalue weighted by Gasteiger charge is -2.64. The Morgan fingerprint density at radius 1 is 1.22 bits per heavy atom. The molecule has 1 spiro atoms. The van der Waals surface area contributed by atoms with E-state index in [0.717, 1.165) is 0 Å². The van der Waals surface area contributed by atoms with Gasteiger partial charge in [-0.1, -0.05) is 6.92 Å². The second-order valence-electron chi connectivity index (χ2n) is 7.67. The molecule has 0 aromatic carbocycles. The Hall–Kier alpha value is -1.22. The first-order valence-corrected chi connectivity index (χ1v) is 7.76. The van der Waals surface area contributed by atoms with Crippen molar-refractivity contribution >= 4 is 11.9 Å². The molecule has 2 aliphatic carbocycles. The molecule has 8 atom stereocenters. The van der Waals surface area contributed by atoms with E-state index >= 15 is 0 Å². The van der Waals surface area contributed by atoms with Crippen LogP contribution in [-0.4, -0.2) is 68.5 Å². The molecule has 0 radical (unpaired) electrons. The van der Waals surface area contributed by atoms with Gasteiger partial charge in [0.1, 0.15) is 18.3 Å². The van der Waals surface area contributed by atoms with Crippen molar-refractivity contribution in [2.45, 2.75) is 56.2 Å².